The minimum atomic E-state index is 1.09. The van der Waals surface area contributed by atoms with E-state index >= 15 is 0 Å². The van der Waals surface area contributed by atoms with E-state index in [0.29, 0.717) is 0 Å². The molecule has 0 spiro atoms. The summed E-state index contributed by atoms with van der Waals surface area (Å²) in [6.07, 6.45) is 7.90. The van der Waals surface area contributed by atoms with Crippen LogP contribution >= 0.6 is 11.8 Å². The molecule has 0 bridgehead atoms. The van der Waals surface area contributed by atoms with E-state index < -0.39 is 0 Å². The van der Waals surface area contributed by atoms with Crippen LogP contribution in [0.4, 0.5) is 0 Å². The van der Waals surface area contributed by atoms with Crippen molar-refractivity contribution in [2.45, 2.75) is 0 Å². The van der Waals surface area contributed by atoms with Gasteiger partial charge in [0.15, 0.2) is 0 Å². The fraction of sp³-hybridized carbons (Fsp3) is 0.333. The Morgan fingerprint density at radius 2 is 2.43 bits per heavy atom. The molecule has 7 heavy (non-hydrogen) atoms. The Balaban J connectivity index is 2.92. The third kappa shape index (κ3) is 5.83. The summed E-state index contributed by atoms with van der Waals surface area (Å²) in [5, 5.41) is 0. The first-order valence-corrected chi connectivity index (χ1v) is 3.57. The second-order valence-corrected chi connectivity index (χ2v) is 2.03. The van der Waals surface area contributed by atoms with Crippen LogP contribution in [0.3, 0.4) is 0 Å². The molecule has 0 unspecified atom stereocenters. The van der Waals surface area contributed by atoms with Gasteiger partial charge in [0.1, 0.15) is 0 Å². The summed E-state index contributed by atoms with van der Waals surface area (Å²) in [5.41, 5.74) is 0. The summed E-state index contributed by atoms with van der Waals surface area (Å²) < 4.78 is 0. The molecule has 0 amide bonds. The highest BCUT2D eigenvalue weighted by Gasteiger charge is 1.65. The summed E-state index contributed by atoms with van der Waals surface area (Å²) in [7, 11) is 0. The van der Waals surface area contributed by atoms with Crippen molar-refractivity contribution >= 4 is 11.8 Å². The van der Waals surface area contributed by atoms with Crippen molar-refractivity contribution < 1.29 is 0 Å². The summed E-state index contributed by atoms with van der Waals surface area (Å²) in [6.45, 7) is 3.54. The highest BCUT2D eigenvalue weighted by Crippen LogP contribution is 1.90. The molecule has 40 valence electrons. The lowest BCUT2D eigenvalue weighted by Crippen LogP contribution is -1.61. The lowest BCUT2D eigenvalue weighted by Gasteiger charge is -1.78. The van der Waals surface area contributed by atoms with Crippen molar-refractivity contribution in [3.8, 4) is 0 Å². The SMILES string of the molecule is C=CC=CCSC. The van der Waals surface area contributed by atoms with E-state index in [-0.39, 0.29) is 0 Å². The molecule has 0 aromatic heterocycles. The van der Waals surface area contributed by atoms with Crippen LogP contribution < -0.4 is 0 Å². The van der Waals surface area contributed by atoms with Crippen LogP contribution in [0.2, 0.25) is 0 Å². The smallest absolute Gasteiger partial charge is 0.0113 e. The van der Waals surface area contributed by atoms with Crippen LogP contribution in [-0.2, 0) is 0 Å². The molecular weight excluding hydrogens is 104 g/mol. The van der Waals surface area contributed by atoms with E-state index in [0.717, 1.165) is 5.75 Å². The third-order valence-corrected chi connectivity index (χ3v) is 1.06. The van der Waals surface area contributed by atoms with E-state index in [1.165, 1.54) is 0 Å². The predicted octanol–water partition coefficient (Wildman–Crippen LogP) is 2.09. The predicted molar refractivity (Wildman–Crippen MR) is 37.7 cm³/mol. The van der Waals surface area contributed by atoms with Gasteiger partial charge in [-0.05, 0) is 6.26 Å². The first kappa shape index (κ1) is 6.83. The van der Waals surface area contributed by atoms with E-state index in [2.05, 4.69) is 18.9 Å². The standard InChI is InChI=1S/C6H10S/c1-3-4-5-6-7-2/h3-5H,1,6H2,2H3. The van der Waals surface area contributed by atoms with Crippen molar-refractivity contribution in [2.24, 2.45) is 0 Å². The molecule has 1 heteroatoms. The molecule has 0 aromatic carbocycles. The highest BCUT2D eigenvalue weighted by atomic mass is 32.2. The molecule has 0 saturated heterocycles. The van der Waals surface area contributed by atoms with E-state index in [9.17, 15) is 0 Å². The molecule has 0 aliphatic rings. The largest absolute Gasteiger partial charge is 0.161 e. The van der Waals surface area contributed by atoms with Gasteiger partial charge >= 0.3 is 0 Å². The number of hydrogen-bond acceptors (Lipinski definition) is 1. The quantitative estimate of drug-likeness (QED) is 0.506. The Morgan fingerprint density at radius 1 is 1.71 bits per heavy atom. The van der Waals surface area contributed by atoms with Gasteiger partial charge in [0.2, 0.25) is 0 Å². The van der Waals surface area contributed by atoms with Gasteiger partial charge in [0.25, 0.3) is 0 Å². The van der Waals surface area contributed by atoms with Gasteiger partial charge in [-0.15, -0.1) is 0 Å². The topological polar surface area (TPSA) is 0 Å². The van der Waals surface area contributed by atoms with Crippen molar-refractivity contribution in [1.82, 2.24) is 0 Å². The van der Waals surface area contributed by atoms with Crippen LogP contribution in [-0.4, -0.2) is 12.0 Å². The molecule has 0 radical (unpaired) electrons. The molecular formula is C6H10S. The van der Waals surface area contributed by atoms with Gasteiger partial charge in [0.05, 0.1) is 0 Å². The molecule has 0 aliphatic heterocycles. The van der Waals surface area contributed by atoms with Crippen molar-refractivity contribution in [3.05, 3.63) is 24.8 Å². The van der Waals surface area contributed by atoms with Crippen molar-refractivity contribution in [1.29, 1.82) is 0 Å². The second-order valence-electron chi connectivity index (χ2n) is 1.12. The Hall–Kier alpha value is -0.170. The molecule has 0 N–H and O–H groups in total. The molecule has 0 saturated carbocycles. The van der Waals surface area contributed by atoms with Crippen molar-refractivity contribution in [2.75, 3.05) is 12.0 Å². The monoisotopic (exact) mass is 114 g/mol. The maximum absolute atomic E-state index is 3.54. The molecule has 0 atom stereocenters. The fourth-order valence-corrected chi connectivity index (χ4v) is 0.552. The summed E-state index contributed by atoms with van der Waals surface area (Å²) >= 11 is 1.81. The first-order chi connectivity index (χ1) is 3.41. The zero-order chi connectivity index (χ0) is 5.54. The van der Waals surface area contributed by atoms with E-state index in [4.69, 9.17) is 0 Å². The zero-order valence-corrected chi connectivity index (χ0v) is 5.37. The summed E-state index contributed by atoms with van der Waals surface area (Å²) in [6, 6.07) is 0. The van der Waals surface area contributed by atoms with Gasteiger partial charge in [-0.2, -0.15) is 11.8 Å². The lowest BCUT2D eigenvalue weighted by atomic mass is 10.5. The fourth-order valence-electron chi connectivity index (χ4n) is 0.248. The number of rotatable bonds is 3. The van der Waals surface area contributed by atoms with Crippen LogP contribution in [0.25, 0.3) is 0 Å². The van der Waals surface area contributed by atoms with Crippen LogP contribution in [0.5, 0.6) is 0 Å². The second kappa shape index (κ2) is 5.83. The molecule has 0 aliphatic carbocycles. The minimum Gasteiger partial charge on any atom is -0.161 e. The Morgan fingerprint density at radius 3 is 2.86 bits per heavy atom. The van der Waals surface area contributed by atoms with E-state index in [1.807, 2.05) is 6.08 Å². The summed E-state index contributed by atoms with van der Waals surface area (Å²) in [4.78, 5) is 0. The van der Waals surface area contributed by atoms with Crippen molar-refractivity contribution in [3.63, 3.8) is 0 Å². The van der Waals surface area contributed by atoms with Gasteiger partial charge < -0.3 is 0 Å². The van der Waals surface area contributed by atoms with Crippen LogP contribution in [0, 0.1) is 0 Å². The van der Waals surface area contributed by atoms with Crippen LogP contribution in [0.15, 0.2) is 24.8 Å². The molecule has 0 fully saturated rings. The maximum Gasteiger partial charge on any atom is 0.0113 e. The van der Waals surface area contributed by atoms with Gasteiger partial charge in [-0.25, -0.2) is 0 Å². The van der Waals surface area contributed by atoms with Crippen LogP contribution in [0.1, 0.15) is 0 Å². The number of thioether (sulfide) groups is 1. The average molecular weight is 114 g/mol. The van der Waals surface area contributed by atoms with Gasteiger partial charge in [-0.3, -0.25) is 0 Å². The maximum atomic E-state index is 3.54. The van der Waals surface area contributed by atoms with Gasteiger partial charge in [0, 0.05) is 5.75 Å². The Labute approximate surface area is 49.3 Å². The normalized spacial score (nSPS) is 9.86. The number of allylic oxidation sites excluding steroid dienone is 2. The lowest BCUT2D eigenvalue weighted by molar-refractivity contribution is 1.76. The number of hydrogen-bond donors (Lipinski definition) is 0. The highest BCUT2D eigenvalue weighted by molar-refractivity contribution is 7.98. The molecule has 0 nitrogen and oxygen atoms in total. The first-order valence-electron chi connectivity index (χ1n) is 2.18. The third-order valence-electron chi connectivity index (χ3n) is 0.535. The molecule has 0 heterocycles. The molecule has 0 aromatic rings. The summed E-state index contributed by atoms with van der Waals surface area (Å²) in [5.74, 6) is 1.09. The Kier molecular flexibility index (Phi) is 5.69. The molecule has 0 rings (SSSR count). The minimum absolute atomic E-state index is 1.09. The van der Waals surface area contributed by atoms with Gasteiger partial charge in [-0.1, -0.05) is 24.8 Å². The average Bonchev–Trinajstić information content (AvgIpc) is 1.69. The zero-order valence-electron chi connectivity index (χ0n) is 4.55. The Bertz CT molecular complexity index is 64.6. The van der Waals surface area contributed by atoms with E-state index in [1.54, 1.807) is 17.8 Å².